The summed E-state index contributed by atoms with van der Waals surface area (Å²) in [5, 5.41) is 20.5. The van der Waals surface area contributed by atoms with Gasteiger partial charge in [-0.3, -0.25) is 14.4 Å². The van der Waals surface area contributed by atoms with E-state index in [1.165, 1.54) is 18.5 Å². The Labute approximate surface area is 243 Å². The second-order valence-electron chi connectivity index (χ2n) is 11.0. The van der Waals surface area contributed by atoms with Crippen LogP contribution in [-0.2, 0) is 37.4 Å². The van der Waals surface area contributed by atoms with Crippen molar-refractivity contribution in [2.75, 3.05) is 6.54 Å². The fraction of sp³-hybridized carbons (Fsp3) is 0.481. The number of nitrogens with one attached hydrogen (secondary N) is 3. The lowest BCUT2D eigenvalue weighted by Gasteiger charge is -2.28. The Balaban J connectivity index is 1.51. The zero-order valence-electron chi connectivity index (χ0n) is 23.8. The molecule has 2 aliphatic rings. The maximum absolute atomic E-state index is 13.9. The number of hydrogen-bond donors (Lipinski definition) is 3. The van der Waals surface area contributed by atoms with Crippen LogP contribution in [0, 0.1) is 19.8 Å². The predicted molar refractivity (Wildman–Crippen MR) is 148 cm³/mol. The first-order valence-corrected chi connectivity index (χ1v) is 15.2. The van der Waals surface area contributed by atoms with Crippen LogP contribution in [-0.4, -0.2) is 75.3 Å². The fourth-order valence-corrected chi connectivity index (χ4v) is 7.35. The third-order valence-corrected chi connectivity index (χ3v) is 9.73. The first-order valence-electron chi connectivity index (χ1n) is 13.7. The van der Waals surface area contributed by atoms with E-state index >= 15 is 0 Å². The highest BCUT2D eigenvalue weighted by atomic mass is 32.2. The molecular weight excluding hydrogens is 564 g/mol. The molecule has 2 aromatic heterocycles. The van der Waals surface area contributed by atoms with Crippen LogP contribution in [0.5, 0.6) is 0 Å². The lowest BCUT2D eigenvalue weighted by molar-refractivity contribution is -0.133. The smallest absolute Gasteiger partial charge is 0.249 e. The van der Waals surface area contributed by atoms with Gasteiger partial charge in [-0.1, -0.05) is 54.5 Å². The number of amides is 3. The van der Waals surface area contributed by atoms with Gasteiger partial charge in [-0.2, -0.15) is 4.31 Å². The van der Waals surface area contributed by atoms with Gasteiger partial charge in [0.2, 0.25) is 27.7 Å². The van der Waals surface area contributed by atoms with Crippen LogP contribution in [0.15, 0.2) is 45.9 Å². The molecule has 3 amide bonds. The lowest BCUT2D eigenvalue weighted by Crippen LogP contribution is -2.58. The number of benzene rings is 1. The largest absolute Gasteiger partial charge is 0.360 e. The normalized spacial score (nSPS) is 24.1. The van der Waals surface area contributed by atoms with E-state index in [4.69, 9.17) is 4.52 Å². The zero-order valence-corrected chi connectivity index (χ0v) is 24.6. The summed E-state index contributed by atoms with van der Waals surface area (Å²) in [5.74, 6) is -1.86. The lowest BCUT2D eigenvalue weighted by atomic mass is 10.0. The average molecular weight is 599 g/mol. The van der Waals surface area contributed by atoms with Crippen molar-refractivity contribution in [2.24, 2.45) is 5.92 Å². The van der Waals surface area contributed by atoms with Gasteiger partial charge in [-0.25, -0.2) is 13.1 Å². The second-order valence-corrected chi connectivity index (χ2v) is 12.8. The molecule has 2 aliphatic heterocycles. The van der Waals surface area contributed by atoms with Gasteiger partial charge in [-0.05, 0) is 31.7 Å². The molecule has 0 aliphatic carbocycles. The molecule has 4 bridgehead atoms. The molecule has 0 radical (unpaired) electrons. The van der Waals surface area contributed by atoms with E-state index in [0.717, 1.165) is 9.87 Å². The van der Waals surface area contributed by atoms with Crippen molar-refractivity contribution in [3.8, 4) is 0 Å². The minimum absolute atomic E-state index is 0.0437. The Hall–Kier alpha value is -4.11. The molecule has 5 rings (SSSR count). The minimum Gasteiger partial charge on any atom is -0.360 e. The number of nitrogens with zero attached hydrogens (tertiary/aromatic N) is 5. The average Bonchev–Trinajstić information content (AvgIpc) is 3.68. The summed E-state index contributed by atoms with van der Waals surface area (Å²) in [6.45, 7) is 6.51. The van der Waals surface area contributed by atoms with Crippen molar-refractivity contribution in [1.82, 2.24) is 40.4 Å². The zero-order chi connectivity index (χ0) is 30.2. The molecule has 15 heteroatoms. The van der Waals surface area contributed by atoms with Crippen LogP contribution in [0.4, 0.5) is 0 Å². The molecule has 0 spiro atoms. The highest BCUT2D eigenvalue weighted by Crippen LogP contribution is 2.34. The molecule has 224 valence electrons. The van der Waals surface area contributed by atoms with Crippen LogP contribution in [0.3, 0.4) is 0 Å². The Morgan fingerprint density at radius 2 is 1.79 bits per heavy atom. The Kier molecular flexibility index (Phi) is 8.14. The summed E-state index contributed by atoms with van der Waals surface area (Å²) in [7, 11) is -4.22. The van der Waals surface area contributed by atoms with E-state index in [9.17, 15) is 22.8 Å². The van der Waals surface area contributed by atoms with E-state index in [-0.39, 0.29) is 48.2 Å². The molecule has 3 aromatic rings. The maximum atomic E-state index is 13.9. The molecule has 0 unspecified atom stereocenters. The Morgan fingerprint density at radius 3 is 2.45 bits per heavy atom. The summed E-state index contributed by atoms with van der Waals surface area (Å²) in [5.41, 5.74) is 1.46. The van der Waals surface area contributed by atoms with Crippen molar-refractivity contribution >= 4 is 27.7 Å². The number of carbonyl (C=O) groups excluding carboxylic acids is 3. The van der Waals surface area contributed by atoms with Gasteiger partial charge >= 0.3 is 0 Å². The highest BCUT2D eigenvalue weighted by molar-refractivity contribution is 7.89. The van der Waals surface area contributed by atoms with Crippen molar-refractivity contribution < 1.29 is 27.3 Å². The topological polar surface area (TPSA) is 181 Å². The summed E-state index contributed by atoms with van der Waals surface area (Å²) in [4.78, 5) is 40.5. The predicted octanol–water partition coefficient (Wildman–Crippen LogP) is 0.385. The number of hydrogen-bond acceptors (Lipinski definition) is 9. The molecular formula is C27H34N8O6S. The van der Waals surface area contributed by atoms with Crippen molar-refractivity contribution in [1.29, 1.82) is 0 Å². The van der Waals surface area contributed by atoms with E-state index < -0.39 is 51.9 Å². The minimum atomic E-state index is -4.22. The van der Waals surface area contributed by atoms with E-state index in [1.807, 2.05) is 30.3 Å². The van der Waals surface area contributed by atoms with Gasteiger partial charge in [0.25, 0.3) is 0 Å². The van der Waals surface area contributed by atoms with Crippen molar-refractivity contribution in [3.63, 3.8) is 0 Å². The van der Waals surface area contributed by atoms with Gasteiger partial charge in [0.1, 0.15) is 34.4 Å². The molecule has 3 N–H and O–H groups in total. The van der Waals surface area contributed by atoms with Crippen LogP contribution in [0.1, 0.15) is 49.0 Å². The third kappa shape index (κ3) is 5.79. The van der Waals surface area contributed by atoms with Crippen molar-refractivity contribution in [3.05, 3.63) is 59.2 Å². The van der Waals surface area contributed by atoms with Crippen LogP contribution in [0.25, 0.3) is 0 Å². The molecule has 4 atom stereocenters. The molecule has 1 fully saturated rings. The summed E-state index contributed by atoms with van der Waals surface area (Å²) < 4.78 is 35.5. The maximum Gasteiger partial charge on any atom is 0.249 e. The van der Waals surface area contributed by atoms with Gasteiger partial charge in [0.15, 0.2) is 5.76 Å². The SMILES string of the molecule is Cc1noc(C)c1S(=O)(=O)N1C[C@@H]2C[C@H]1C(=O)N[C@@H](C(C)C)C(=O)N[C@H](Cc1ccccc1)C(=O)NCc1cn2nn1. The number of aryl methyl sites for hydroxylation is 2. The quantitative estimate of drug-likeness (QED) is 0.374. The number of fused-ring (bicyclic) bond motifs is 5. The summed E-state index contributed by atoms with van der Waals surface area (Å²) in [6, 6.07) is 5.59. The number of carbonyl (C=O) groups is 3. The summed E-state index contributed by atoms with van der Waals surface area (Å²) >= 11 is 0. The van der Waals surface area contributed by atoms with Gasteiger partial charge in [-0.15, -0.1) is 5.10 Å². The number of sulfonamides is 1. The molecule has 4 heterocycles. The Bertz CT molecular complexity index is 1560. The molecule has 42 heavy (non-hydrogen) atoms. The fourth-order valence-electron chi connectivity index (χ4n) is 5.42. The monoisotopic (exact) mass is 598 g/mol. The standard InChI is InChI=1S/C27H34N8O6S/c1-15(2)23-27(38)29-21(10-18-8-6-5-7-9-18)25(36)28-12-19-13-34(33-31-19)20-11-22(26(37)30-23)35(14-20)42(39,40)24-16(3)32-41-17(24)4/h5-9,13,15,20-23H,10-12,14H2,1-4H3,(H,28,36)(H,29,38)(H,30,37)/t20-,21+,22-,23-/m0/s1. The molecule has 1 aromatic carbocycles. The molecule has 0 saturated carbocycles. The van der Waals surface area contributed by atoms with E-state index in [2.05, 4.69) is 31.4 Å². The third-order valence-electron chi connectivity index (χ3n) is 7.61. The van der Waals surface area contributed by atoms with Crippen molar-refractivity contribution in [2.45, 2.75) is 76.1 Å². The summed E-state index contributed by atoms with van der Waals surface area (Å²) in [6.07, 6.45) is 1.93. The van der Waals surface area contributed by atoms with Gasteiger partial charge in [0, 0.05) is 13.0 Å². The van der Waals surface area contributed by atoms with Gasteiger partial charge in [0.05, 0.1) is 18.8 Å². The Morgan fingerprint density at radius 1 is 1.05 bits per heavy atom. The van der Waals surface area contributed by atoms with E-state index in [1.54, 1.807) is 20.0 Å². The first-order chi connectivity index (χ1) is 20.0. The number of rotatable bonds is 5. The second kappa shape index (κ2) is 11.6. The highest BCUT2D eigenvalue weighted by Gasteiger charge is 2.47. The van der Waals surface area contributed by atoms with E-state index in [0.29, 0.717) is 5.69 Å². The first kappa shape index (κ1) is 29.4. The van der Waals surface area contributed by atoms with Crippen LogP contribution >= 0.6 is 0 Å². The number of aromatic nitrogens is 4. The molecule has 1 saturated heterocycles. The van der Waals surface area contributed by atoms with Crippen LogP contribution in [0.2, 0.25) is 0 Å². The molecule has 14 nitrogen and oxygen atoms in total. The van der Waals surface area contributed by atoms with Crippen LogP contribution < -0.4 is 16.0 Å². The van der Waals surface area contributed by atoms with Gasteiger partial charge < -0.3 is 20.5 Å².